The number of nitrogens with zero attached hydrogens (tertiary/aromatic N) is 1. The molecular weight excluding hydrogens is 256 g/mol. The molecule has 19 heavy (non-hydrogen) atoms. The maximum Gasteiger partial charge on any atom is 0.0662 e. The normalized spacial score (nSPS) is 42.9. The summed E-state index contributed by atoms with van der Waals surface area (Å²) in [5.74, 6) is 0. The van der Waals surface area contributed by atoms with Crippen molar-refractivity contribution in [2.24, 2.45) is 11.1 Å². The summed E-state index contributed by atoms with van der Waals surface area (Å²) in [4.78, 5) is 2.57. The van der Waals surface area contributed by atoms with Crippen molar-refractivity contribution >= 4 is 11.8 Å². The molecule has 2 fully saturated rings. The van der Waals surface area contributed by atoms with E-state index in [0.29, 0.717) is 6.10 Å². The summed E-state index contributed by atoms with van der Waals surface area (Å²) in [6, 6.07) is 0. The number of hydrogen-bond acceptors (Lipinski definition) is 4. The highest BCUT2D eigenvalue weighted by Crippen LogP contribution is 2.50. The van der Waals surface area contributed by atoms with Crippen LogP contribution in [0.2, 0.25) is 0 Å². The molecule has 0 aromatic rings. The van der Waals surface area contributed by atoms with Gasteiger partial charge in [0.15, 0.2) is 0 Å². The number of thioether (sulfide) groups is 1. The zero-order valence-corrected chi connectivity index (χ0v) is 13.9. The number of hydrogen-bond donors (Lipinski definition) is 1. The van der Waals surface area contributed by atoms with Crippen LogP contribution in [0.3, 0.4) is 0 Å². The second-order valence-corrected chi connectivity index (χ2v) is 8.86. The van der Waals surface area contributed by atoms with Gasteiger partial charge in [0, 0.05) is 47.7 Å². The van der Waals surface area contributed by atoms with Crippen LogP contribution in [0.1, 0.15) is 41.0 Å². The van der Waals surface area contributed by atoms with Gasteiger partial charge < -0.3 is 10.5 Å². The molecule has 2 aliphatic rings. The van der Waals surface area contributed by atoms with Crippen LogP contribution in [-0.4, -0.2) is 53.3 Å². The van der Waals surface area contributed by atoms with Crippen LogP contribution in [0.25, 0.3) is 0 Å². The number of rotatable bonds is 4. The highest BCUT2D eigenvalue weighted by atomic mass is 32.2. The molecule has 0 spiro atoms. The van der Waals surface area contributed by atoms with Crippen molar-refractivity contribution in [3.63, 3.8) is 0 Å². The van der Waals surface area contributed by atoms with Crippen LogP contribution in [0.4, 0.5) is 0 Å². The van der Waals surface area contributed by atoms with Gasteiger partial charge in [-0.2, -0.15) is 11.8 Å². The molecule has 0 radical (unpaired) electrons. The molecule has 1 saturated heterocycles. The van der Waals surface area contributed by atoms with Crippen LogP contribution in [0.15, 0.2) is 0 Å². The van der Waals surface area contributed by atoms with Crippen molar-refractivity contribution in [3.05, 3.63) is 0 Å². The van der Waals surface area contributed by atoms with Crippen molar-refractivity contribution < 1.29 is 4.74 Å². The quantitative estimate of drug-likeness (QED) is 0.861. The first-order chi connectivity index (χ1) is 8.78. The highest BCUT2D eigenvalue weighted by molar-refractivity contribution is 8.00. The molecule has 2 rings (SSSR count). The van der Waals surface area contributed by atoms with Crippen LogP contribution in [0.5, 0.6) is 0 Å². The molecule has 1 aliphatic carbocycles. The van der Waals surface area contributed by atoms with Crippen molar-refractivity contribution in [2.45, 2.75) is 63.2 Å². The van der Waals surface area contributed by atoms with E-state index in [0.717, 1.165) is 30.1 Å². The maximum atomic E-state index is 6.69. The smallest absolute Gasteiger partial charge is 0.0662 e. The minimum atomic E-state index is -0.0890. The Morgan fingerprint density at radius 1 is 1.26 bits per heavy atom. The van der Waals surface area contributed by atoms with Crippen molar-refractivity contribution in [2.75, 3.05) is 26.2 Å². The van der Waals surface area contributed by atoms with E-state index in [1.165, 1.54) is 13.1 Å². The largest absolute Gasteiger partial charge is 0.378 e. The van der Waals surface area contributed by atoms with Gasteiger partial charge in [-0.05, 0) is 13.3 Å². The van der Waals surface area contributed by atoms with Gasteiger partial charge in [0.2, 0.25) is 0 Å². The Balaban J connectivity index is 1.95. The number of nitrogens with two attached hydrogens (primary N) is 1. The molecule has 0 aromatic carbocycles. The van der Waals surface area contributed by atoms with Crippen LogP contribution < -0.4 is 5.73 Å². The molecule has 1 aliphatic heterocycles. The summed E-state index contributed by atoms with van der Waals surface area (Å²) in [5.41, 5.74) is 6.69. The molecule has 1 heterocycles. The molecule has 3 nitrogen and oxygen atoms in total. The summed E-state index contributed by atoms with van der Waals surface area (Å²) in [6.07, 6.45) is 1.33. The molecular formula is C15H30N2OS. The fourth-order valence-corrected chi connectivity index (χ4v) is 4.97. The van der Waals surface area contributed by atoms with Crippen LogP contribution in [0, 0.1) is 5.41 Å². The monoisotopic (exact) mass is 286 g/mol. The van der Waals surface area contributed by atoms with E-state index < -0.39 is 0 Å². The Bertz CT molecular complexity index is 313. The van der Waals surface area contributed by atoms with E-state index in [-0.39, 0.29) is 11.0 Å². The Morgan fingerprint density at radius 3 is 2.32 bits per heavy atom. The first kappa shape index (κ1) is 15.6. The predicted octanol–water partition coefficient (Wildman–Crippen LogP) is 2.34. The van der Waals surface area contributed by atoms with E-state index in [1.807, 2.05) is 0 Å². The molecule has 0 bridgehead atoms. The standard InChI is InChI=1S/C15H30N2OS/c1-6-18-13-7-15(16,14(13,4)5)10-17-8-11(2)19-12(3)9-17/h11-13H,6-10,16H2,1-5H3. The van der Waals surface area contributed by atoms with Gasteiger partial charge in [0.05, 0.1) is 6.10 Å². The number of ether oxygens (including phenoxy) is 1. The fraction of sp³-hybridized carbons (Fsp3) is 1.00. The predicted molar refractivity (Wildman–Crippen MR) is 83.7 cm³/mol. The van der Waals surface area contributed by atoms with Crippen molar-refractivity contribution in [1.82, 2.24) is 4.90 Å². The van der Waals surface area contributed by atoms with Gasteiger partial charge in [-0.25, -0.2) is 0 Å². The lowest BCUT2D eigenvalue weighted by molar-refractivity contribution is -0.156. The lowest BCUT2D eigenvalue weighted by atomic mass is 9.54. The molecule has 1 saturated carbocycles. The van der Waals surface area contributed by atoms with E-state index in [2.05, 4.69) is 51.3 Å². The average molecular weight is 286 g/mol. The van der Waals surface area contributed by atoms with Crippen molar-refractivity contribution in [1.29, 1.82) is 0 Å². The molecule has 4 unspecified atom stereocenters. The molecule has 0 aromatic heterocycles. The van der Waals surface area contributed by atoms with Crippen molar-refractivity contribution in [3.8, 4) is 0 Å². The Kier molecular flexibility index (Phi) is 4.56. The minimum absolute atomic E-state index is 0.0834. The average Bonchev–Trinajstić information content (AvgIpc) is 2.27. The summed E-state index contributed by atoms with van der Waals surface area (Å²) < 4.78 is 5.82. The zero-order valence-electron chi connectivity index (χ0n) is 13.1. The third-order valence-electron chi connectivity index (χ3n) is 5.01. The van der Waals surface area contributed by atoms with E-state index in [9.17, 15) is 0 Å². The minimum Gasteiger partial charge on any atom is -0.378 e. The lowest BCUT2D eigenvalue weighted by Gasteiger charge is -2.61. The Morgan fingerprint density at radius 2 is 1.84 bits per heavy atom. The van der Waals surface area contributed by atoms with E-state index in [4.69, 9.17) is 10.5 Å². The highest BCUT2D eigenvalue weighted by Gasteiger charge is 2.58. The molecule has 2 N–H and O–H groups in total. The second kappa shape index (κ2) is 5.55. The molecule has 4 atom stereocenters. The first-order valence-corrected chi connectivity index (χ1v) is 8.51. The SMILES string of the molecule is CCOC1CC(N)(CN2CC(C)SC(C)C2)C1(C)C. The Hall–Kier alpha value is 0.230. The molecule has 0 amide bonds. The molecule has 112 valence electrons. The van der Waals surface area contributed by atoms with Gasteiger partial charge in [-0.3, -0.25) is 4.90 Å². The van der Waals surface area contributed by atoms with Crippen LogP contribution in [-0.2, 0) is 4.74 Å². The lowest BCUT2D eigenvalue weighted by Crippen LogP contribution is -2.74. The van der Waals surface area contributed by atoms with E-state index in [1.54, 1.807) is 0 Å². The van der Waals surface area contributed by atoms with Gasteiger partial charge in [-0.15, -0.1) is 0 Å². The van der Waals surface area contributed by atoms with Gasteiger partial charge in [0.25, 0.3) is 0 Å². The summed E-state index contributed by atoms with van der Waals surface area (Å²) in [6.45, 7) is 15.4. The maximum absolute atomic E-state index is 6.69. The third kappa shape index (κ3) is 2.97. The van der Waals surface area contributed by atoms with E-state index >= 15 is 0 Å². The van der Waals surface area contributed by atoms with Crippen LogP contribution >= 0.6 is 11.8 Å². The fourth-order valence-electron chi connectivity index (χ4n) is 3.59. The summed E-state index contributed by atoms with van der Waals surface area (Å²) in [7, 11) is 0. The topological polar surface area (TPSA) is 38.5 Å². The Labute approximate surface area is 122 Å². The van der Waals surface area contributed by atoms with Gasteiger partial charge >= 0.3 is 0 Å². The molecule has 4 heteroatoms. The third-order valence-corrected chi connectivity index (χ3v) is 6.23. The zero-order chi connectivity index (χ0) is 14.3. The van der Waals surface area contributed by atoms with Gasteiger partial charge in [-0.1, -0.05) is 27.7 Å². The van der Waals surface area contributed by atoms with Gasteiger partial charge in [0.1, 0.15) is 0 Å². The first-order valence-electron chi connectivity index (χ1n) is 7.57. The second-order valence-electron chi connectivity index (χ2n) is 6.98. The summed E-state index contributed by atoms with van der Waals surface area (Å²) >= 11 is 2.10. The summed E-state index contributed by atoms with van der Waals surface area (Å²) in [5, 5.41) is 1.44.